The number of aromatic nitrogens is 3. The monoisotopic (exact) mass is 413 g/mol. The molecule has 3 rings (SSSR count). The molecular formula is C22H31N5O3. The zero-order chi connectivity index (χ0) is 21.9. The van der Waals surface area contributed by atoms with Crippen LogP contribution in [0.5, 0.6) is 5.75 Å². The van der Waals surface area contributed by atoms with E-state index >= 15 is 0 Å². The lowest BCUT2D eigenvalue weighted by Gasteiger charge is -2.25. The number of nitrogens with zero attached hydrogens (tertiary/aromatic N) is 4. The Morgan fingerprint density at radius 3 is 2.80 bits per heavy atom. The molecule has 0 unspecified atom stereocenters. The van der Waals surface area contributed by atoms with Gasteiger partial charge in [0.2, 0.25) is 5.91 Å². The lowest BCUT2D eigenvalue weighted by Crippen LogP contribution is -2.45. The normalized spacial score (nSPS) is 14.2. The molecule has 2 N–H and O–H groups in total. The average molecular weight is 414 g/mol. The molecule has 30 heavy (non-hydrogen) atoms. The van der Waals surface area contributed by atoms with Gasteiger partial charge in [0.25, 0.3) is 0 Å². The minimum Gasteiger partial charge on any atom is -0.488 e. The van der Waals surface area contributed by atoms with Crippen LogP contribution in [0.1, 0.15) is 45.4 Å². The topological polar surface area (TPSA) is 100 Å². The van der Waals surface area contributed by atoms with Gasteiger partial charge in [-0.1, -0.05) is 0 Å². The van der Waals surface area contributed by atoms with Gasteiger partial charge >= 0.3 is 0 Å². The summed E-state index contributed by atoms with van der Waals surface area (Å²) in [6.45, 7) is 7.82. The molecular weight excluding hydrogens is 382 g/mol. The minimum atomic E-state index is -0.316. The Bertz CT molecular complexity index is 910. The lowest BCUT2D eigenvalue weighted by atomic mass is 10.1. The maximum Gasteiger partial charge on any atom is 0.239 e. The van der Waals surface area contributed by atoms with Gasteiger partial charge in [-0.05, 0) is 53.0 Å². The van der Waals surface area contributed by atoms with Gasteiger partial charge in [0.05, 0.1) is 13.2 Å². The molecule has 2 aromatic rings. The molecule has 1 aliphatic rings. The third kappa shape index (κ3) is 5.44. The Kier molecular flexibility index (Phi) is 6.55. The number of aliphatic hydroxyl groups excluding tert-OH is 1. The van der Waals surface area contributed by atoms with Crippen molar-refractivity contribution in [1.82, 2.24) is 20.3 Å². The van der Waals surface area contributed by atoms with Crippen molar-refractivity contribution in [3.8, 4) is 17.3 Å². The van der Waals surface area contributed by atoms with E-state index < -0.39 is 0 Å². The molecule has 0 aromatic carbocycles. The third-order valence-corrected chi connectivity index (χ3v) is 4.72. The molecule has 0 saturated heterocycles. The van der Waals surface area contributed by atoms with Crippen molar-refractivity contribution in [3.63, 3.8) is 0 Å². The number of hydrogen-bond acceptors (Lipinski definition) is 7. The summed E-state index contributed by atoms with van der Waals surface area (Å²) in [5.74, 6) is 1.83. The number of carbonyl (C=O) groups excluding carboxylic acids is 1. The third-order valence-electron chi connectivity index (χ3n) is 4.72. The molecule has 0 saturated carbocycles. The van der Waals surface area contributed by atoms with Crippen LogP contribution in [0, 0.1) is 0 Å². The molecule has 8 heteroatoms. The molecule has 2 heterocycles. The fourth-order valence-electron chi connectivity index (χ4n) is 3.47. The second kappa shape index (κ2) is 8.95. The average Bonchev–Trinajstić information content (AvgIpc) is 3.14. The molecule has 0 fully saturated rings. The number of rotatable bonds is 7. The Morgan fingerprint density at radius 2 is 2.10 bits per heavy atom. The van der Waals surface area contributed by atoms with E-state index in [9.17, 15) is 9.90 Å². The van der Waals surface area contributed by atoms with Crippen molar-refractivity contribution in [2.45, 2.75) is 58.6 Å². The van der Waals surface area contributed by atoms with Crippen molar-refractivity contribution in [2.75, 3.05) is 25.1 Å². The number of fused-ring (bicyclic) bond motifs is 1. The van der Waals surface area contributed by atoms with Gasteiger partial charge in [0.15, 0.2) is 5.82 Å². The van der Waals surface area contributed by atoms with Crippen molar-refractivity contribution >= 4 is 11.7 Å². The predicted molar refractivity (Wildman–Crippen MR) is 116 cm³/mol. The van der Waals surface area contributed by atoms with Gasteiger partial charge in [0.1, 0.15) is 23.4 Å². The second-order valence-corrected chi connectivity index (χ2v) is 8.79. The van der Waals surface area contributed by atoms with Gasteiger partial charge in [0, 0.05) is 36.1 Å². The van der Waals surface area contributed by atoms with Crippen LogP contribution in [-0.2, 0) is 17.6 Å². The van der Waals surface area contributed by atoms with Crippen molar-refractivity contribution in [3.05, 3.63) is 29.6 Å². The number of nitrogens with one attached hydrogen (secondary N) is 1. The molecule has 162 valence electrons. The van der Waals surface area contributed by atoms with Gasteiger partial charge in [-0.2, -0.15) is 0 Å². The van der Waals surface area contributed by atoms with Crippen LogP contribution in [0.15, 0.2) is 18.3 Å². The first-order valence-corrected chi connectivity index (χ1v) is 10.3. The Balaban J connectivity index is 1.90. The first kappa shape index (κ1) is 22.0. The number of aliphatic hydroxyl groups is 1. The van der Waals surface area contributed by atoms with Crippen molar-refractivity contribution < 1.29 is 14.6 Å². The zero-order valence-electron chi connectivity index (χ0n) is 18.4. The summed E-state index contributed by atoms with van der Waals surface area (Å²) in [5, 5.41) is 12.2. The molecule has 8 nitrogen and oxygen atoms in total. The summed E-state index contributed by atoms with van der Waals surface area (Å²) in [6, 6.07) is 3.52. The summed E-state index contributed by atoms with van der Waals surface area (Å²) in [7, 11) is 1.88. The highest BCUT2D eigenvalue weighted by Crippen LogP contribution is 2.31. The molecule has 1 aliphatic carbocycles. The maximum absolute atomic E-state index is 12.4. The van der Waals surface area contributed by atoms with Gasteiger partial charge in [-0.3, -0.25) is 9.78 Å². The SMILES string of the molecule is C[C@H](CO)Oc1ccnc(-c2nc3c(c(N(C)CC(=O)NC(C)(C)C)n2)CCC3)c1. The second-order valence-electron chi connectivity index (χ2n) is 8.79. The number of pyridine rings is 1. The standard InChI is InChI=1S/C22H31N5O3/c1-14(13-28)30-15-9-10-23-18(11-15)20-24-17-8-6-7-16(17)21(25-20)27(5)12-19(29)26-22(2,3)4/h9-11,14,28H,6-8,12-13H2,1-5H3,(H,26,29)/t14-/m1/s1. The number of anilines is 1. The van der Waals surface area contributed by atoms with E-state index in [1.165, 1.54) is 0 Å². The first-order chi connectivity index (χ1) is 14.2. The van der Waals surface area contributed by atoms with Gasteiger partial charge in [-0.25, -0.2) is 9.97 Å². The summed E-state index contributed by atoms with van der Waals surface area (Å²) in [4.78, 5) is 28.2. The smallest absolute Gasteiger partial charge is 0.239 e. The quantitative estimate of drug-likeness (QED) is 0.717. The van der Waals surface area contributed by atoms with Crippen molar-refractivity contribution in [2.24, 2.45) is 0 Å². The largest absolute Gasteiger partial charge is 0.488 e. The summed E-state index contributed by atoms with van der Waals surface area (Å²) in [5.41, 5.74) is 2.43. The van der Waals surface area contributed by atoms with Crippen LogP contribution >= 0.6 is 0 Å². The van der Waals surface area contributed by atoms with Crippen LogP contribution in [-0.4, -0.2) is 57.8 Å². The number of hydrogen-bond donors (Lipinski definition) is 2. The van der Waals surface area contributed by atoms with E-state index in [1.54, 1.807) is 25.3 Å². The molecule has 0 radical (unpaired) electrons. The van der Waals surface area contributed by atoms with Crippen LogP contribution in [0.4, 0.5) is 5.82 Å². The Hall–Kier alpha value is -2.74. The Morgan fingerprint density at radius 1 is 1.33 bits per heavy atom. The van der Waals surface area contributed by atoms with E-state index in [2.05, 4.69) is 10.3 Å². The number of carbonyl (C=O) groups is 1. The minimum absolute atomic E-state index is 0.0524. The molecule has 1 atom stereocenters. The van der Waals surface area contributed by atoms with E-state index in [0.717, 1.165) is 36.3 Å². The molecule has 1 amide bonds. The highest BCUT2D eigenvalue weighted by molar-refractivity contribution is 5.82. The fraction of sp³-hybridized carbons (Fsp3) is 0.545. The number of aryl methyl sites for hydroxylation is 1. The van der Waals surface area contributed by atoms with Crippen LogP contribution in [0.2, 0.25) is 0 Å². The fourth-order valence-corrected chi connectivity index (χ4v) is 3.47. The molecule has 0 bridgehead atoms. The van der Waals surface area contributed by atoms with E-state index in [0.29, 0.717) is 17.3 Å². The highest BCUT2D eigenvalue weighted by Gasteiger charge is 2.24. The van der Waals surface area contributed by atoms with E-state index in [4.69, 9.17) is 14.7 Å². The Labute approximate surface area is 177 Å². The summed E-state index contributed by atoms with van der Waals surface area (Å²) < 4.78 is 5.69. The molecule has 2 aromatic heterocycles. The predicted octanol–water partition coefficient (Wildman–Crippen LogP) is 2.14. The number of likely N-dealkylation sites (N-methyl/N-ethyl adjacent to an activating group) is 1. The van der Waals surface area contributed by atoms with Gasteiger partial charge < -0.3 is 20.1 Å². The lowest BCUT2D eigenvalue weighted by molar-refractivity contribution is -0.121. The van der Waals surface area contributed by atoms with Gasteiger partial charge in [-0.15, -0.1) is 0 Å². The van der Waals surface area contributed by atoms with Crippen LogP contribution in [0.3, 0.4) is 0 Å². The highest BCUT2D eigenvalue weighted by atomic mass is 16.5. The van der Waals surface area contributed by atoms with Crippen molar-refractivity contribution in [1.29, 1.82) is 0 Å². The first-order valence-electron chi connectivity index (χ1n) is 10.3. The summed E-state index contributed by atoms with van der Waals surface area (Å²) in [6.07, 6.45) is 4.14. The maximum atomic E-state index is 12.4. The number of amides is 1. The van der Waals surface area contributed by atoms with Crippen LogP contribution < -0.4 is 15.0 Å². The van der Waals surface area contributed by atoms with Crippen LogP contribution in [0.25, 0.3) is 11.5 Å². The zero-order valence-corrected chi connectivity index (χ0v) is 18.4. The summed E-state index contributed by atoms with van der Waals surface area (Å²) >= 11 is 0. The molecule has 0 aliphatic heterocycles. The van der Waals surface area contributed by atoms with E-state index in [-0.39, 0.29) is 30.7 Å². The molecule has 0 spiro atoms. The van der Waals surface area contributed by atoms with E-state index in [1.807, 2.05) is 32.7 Å². The number of ether oxygens (including phenoxy) is 1.